The number of hydrogen-bond acceptors (Lipinski definition) is 6. The highest BCUT2D eigenvalue weighted by Crippen LogP contribution is 2.14. The van der Waals surface area contributed by atoms with Crippen molar-refractivity contribution >= 4 is 29.2 Å². The van der Waals surface area contributed by atoms with Gasteiger partial charge in [-0.15, -0.1) is 0 Å². The minimum Gasteiger partial charge on any atom is -0.468 e. The van der Waals surface area contributed by atoms with E-state index in [0.717, 1.165) is 6.20 Å². The Morgan fingerprint density at radius 1 is 1.17 bits per heavy atom. The Hall–Kier alpha value is -3.34. The standard InChI is InChI=1S/C15H16N4O4/c1-10(20)18-12-3-5-13(6-4-12)19-15(22)11(7-16)8-17-9-14(21)23-2/h3-6,8,17H,9H2,1-2H3,(H,18,20)(H,19,22)/b11-8-. The summed E-state index contributed by atoms with van der Waals surface area (Å²) in [7, 11) is 1.23. The van der Waals surface area contributed by atoms with Crippen molar-refractivity contribution in [2.75, 3.05) is 24.3 Å². The van der Waals surface area contributed by atoms with Crippen LogP contribution in [0.3, 0.4) is 0 Å². The lowest BCUT2D eigenvalue weighted by molar-refractivity contribution is -0.139. The molecule has 1 rings (SSSR count). The van der Waals surface area contributed by atoms with E-state index in [1.807, 2.05) is 0 Å². The monoisotopic (exact) mass is 316 g/mol. The number of carbonyl (C=O) groups excluding carboxylic acids is 3. The fraction of sp³-hybridized carbons (Fsp3) is 0.200. The molecular formula is C15H16N4O4. The van der Waals surface area contributed by atoms with Gasteiger partial charge in [-0.1, -0.05) is 0 Å². The molecule has 0 aliphatic rings. The zero-order valence-corrected chi connectivity index (χ0v) is 12.7. The van der Waals surface area contributed by atoms with Crippen LogP contribution >= 0.6 is 0 Å². The lowest BCUT2D eigenvalue weighted by Crippen LogP contribution is -2.22. The highest BCUT2D eigenvalue weighted by Gasteiger charge is 2.09. The van der Waals surface area contributed by atoms with Crippen LogP contribution in [0.5, 0.6) is 0 Å². The zero-order valence-electron chi connectivity index (χ0n) is 12.7. The number of nitrogens with one attached hydrogen (secondary N) is 3. The summed E-state index contributed by atoms with van der Waals surface area (Å²) >= 11 is 0. The highest BCUT2D eigenvalue weighted by molar-refractivity contribution is 6.06. The predicted molar refractivity (Wildman–Crippen MR) is 83.1 cm³/mol. The third-order valence-corrected chi connectivity index (χ3v) is 2.55. The Morgan fingerprint density at radius 2 is 1.74 bits per heavy atom. The van der Waals surface area contributed by atoms with Gasteiger partial charge in [0, 0.05) is 24.5 Å². The second-order valence-electron chi connectivity index (χ2n) is 4.34. The molecule has 0 heterocycles. The molecule has 3 N–H and O–H groups in total. The van der Waals surface area contributed by atoms with Crippen LogP contribution in [0.2, 0.25) is 0 Å². The molecule has 0 fully saturated rings. The quantitative estimate of drug-likeness (QED) is 0.405. The van der Waals surface area contributed by atoms with Gasteiger partial charge in [-0.25, -0.2) is 0 Å². The molecule has 120 valence electrons. The van der Waals surface area contributed by atoms with Crippen LogP contribution in [0.4, 0.5) is 11.4 Å². The lowest BCUT2D eigenvalue weighted by atomic mass is 10.2. The van der Waals surface area contributed by atoms with Gasteiger partial charge in [0.15, 0.2) is 0 Å². The number of anilines is 2. The van der Waals surface area contributed by atoms with E-state index in [1.54, 1.807) is 30.3 Å². The van der Waals surface area contributed by atoms with E-state index < -0.39 is 11.9 Å². The Labute approximate surface area is 133 Å². The van der Waals surface area contributed by atoms with E-state index in [9.17, 15) is 14.4 Å². The molecular weight excluding hydrogens is 300 g/mol. The van der Waals surface area contributed by atoms with Gasteiger partial charge in [0.2, 0.25) is 5.91 Å². The minimum atomic E-state index is -0.628. The molecule has 0 saturated heterocycles. The summed E-state index contributed by atoms with van der Waals surface area (Å²) in [6.45, 7) is 1.24. The minimum absolute atomic E-state index is 0.152. The summed E-state index contributed by atoms with van der Waals surface area (Å²) < 4.78 is 4.42. The third kappa shape index (κ3) is 6.31. The van der Waals surface area contributed by atoms with E-state index >= 15 is 0 Å². The van der Waals surface area contributed by atoms with Gasteiger partial charge >= 0.3 is 5.97 Å². The molecule has 2 amide bonds. The van der Waals surface area contributed by atoms with Crippen molar-refractivity contribution < 1.29 is 19.1 Å². The van der Waals surface area contributed by atoms with Crippen LogP contribution in [-0.4, -0.2) is 31.4 Å². The van der Waals surface area contributed by atoms with Crippen molar-refractivity contribution in [2.24, 2.45) is 0 Å². The predicted octanol–water partition coefficient (Wildman–Crippen LogP) is 0.754. The molecule has 23 heavy (non-hydrogen) atoms. The highest BCUT2D eigenvalue weighted by atomic mass is 16.5. The van der Waals surface area contributed by atoms with E-state index in [4.69, 9.17) is 5.26 Å². The van der Waals surface area contributed by atoms with E-state index in [1.165, 1.54) is 14.0 Å². The smallest absolute Gasteiger partial charge is 0.325 e. The van der Waals surface area contributed by atoms with Gasteiger partial charge in [0.1, 0.15) is 18.2 Å². The number of benzene rings is 1. The molecule has 0 saturated carbocycles. The summed E-state index contributed by atoms with van der Waals surface area (Å²) in [5.74, 6) is -1.35. The number of nitrogens with zero attached hydrogens (tertiary/aromatic N) is 1. The first-order chi connectivity index (χ1) is 11.0. The topological polar surface area (TPSA) is 120 Å². The lowest BCUT2D eigenvalue weighted by Gasteiger charge is -2.06. The average molecular weight is 316 g/mol. The first kappa shape index (κ1) is 17.7. The summed E-state index contributed by atoms with van der Waals surface area (Å²) in [4.78, 5) is 33.8. The van der Waals surface area contributed by atoms with Crippen LogP contribution in [0.1, 0.15) is 6.92 Å². The Morgan fingerprint density at radius 3 is 2.22 bits per heavy atom. The molecule has 0 atom stereocenters. The van der Waals surface area contributed by atoms with Crippen LogP contribution in [0.25, 0.3) is 0 Å². The van der Waals surface area contributed by atoms with E-state index in [0.29, 0.717) is 11.4 Å². The molecule has 0 aliphatic heterocycles. The van der Waals surface area contributed by atoms with Crippen LogP contribution in [0, 0.1) is 11.3 Å². The number of amides is 2. The molecule has 0 bridgehead atoms. The van der Waals surface area contributed by atoms with Gasteiger partial charge in [0.05, 0.1) is 7.11 Å². The Kier molecular flexibility index (Phi) is 6.81. The number of esters is 1. The number of ether oxygens (including phenoxy) is 1. The van der Waals surface area contributed by atoms with E-state index in [2.05, 4.69) is 20.7 Å². The second-order valence-corrected chi connectivity index (χ2v) is 4.34. The maximum Gasteiger partial charge on any atom is 0.325 e. The number of rotatable bonds is 6. The number of hydrogen-bond donors (Lipinski definition) is 3. The summed E-state index contributed by atoms with van der Waals surface area (Å²) in [6, 6.07) is 8.12. The third-order valence-electron chi connectivity index (χ3n) is 2.55. The first-order valence-electron chi connectivity index (χ1n) is 6.55. The van der Waals surface area contributed by atoms with Crippen molar-refractivity contribution in [2.45, 2.75) is 6.92 Å². The number of nitriles is 1. The fourth-order valence-electron chi connectivity index (χ4n) is 1.50. The summed E-state index contributed by atoms with van der Waals surface area (Å²) in [5.41, 5.74) is 0.851. The Bertz CT molecular complexity index is 659. The summed E-state index contributed by atoms with van der Waals surface area (Å²) in [5, 5.41) is 16.6. The zero-order chi connectivity index (χ0) is 17.2. The average Bonchev–Trinajstić information content (AvgIpc) is 2.52. The van der Waals surface area contributed by atoms with Crippen molar-refractivity contribution in [1.29, 1.82) is 5.26 Å². The fourth-order valence-corrected chi connectivity index (χ4v) is 1.50. The van der Waals surface area contributed by atoms with Crippen molar-refractivity contribution in [3.8, 4) is 6.07 Å². The summed E-state index contributed by atoms with van der Waals surface area (Å²) in [6.07, 6.45) is 1.14. The van der Waals surface area contributed by atoms with Gasteiger partial charge in [-0.05, 0) is 24.3 Å². The van der Waals surface area contributed by atoms with Gasteiger partial charge in [0.25, 0.3) is 5.91 Å². The number of carbonyl (C=O) groups is 3. The van der Waals surface area contributed by atoms with Crippen molar-refractivity contribution in [1.82, 2.24) is 5.32 Å². The largest absolute Gasteiger partial charge is 0.468 e. The van der Waals surface area contributed by atoms with Gasteiger partial charge in [-0.2, -0.15) is 5.26 Å². The second kappa shape index (κ2) is 8.84. The SMILES string of the molecule is COC(=O)CN/C=C(/C#N)C(=O)Nc1ccc(NC(C)=O)cc1. The molecule has 0 radical (unpaired) electrons. The maximum atomic E-state index is 11.9. The molecule has 0 aromatic heterocycles. The molecule has 8 heteroatoms. The van der Waals surface area contributed by atoms with Crippen LogP contribution in [-0.2, 0) is 19.1 Å². The van der Waals surface area contributed by atoms with Gasteiger partial charge in [-0.3, -0.25) is 14.4 Å². The number of methoxy groups -OCH3 is 1. The van der Waals surface area contributed by atoms with Crippen molar-refractivity contribution in [3.63, 3.8) is 0 Å². The first-order valence-corrected chi connectivity index (χ1v) is 6.55. The molecule has 1 aromatic rings. The molecule has 0 spiro atoms. The molecule has 1 aromatic carbocycles. The maximum absolute atomic E-state index is 11.9. The normalized spacial score (nSPS) is 10.2. The molecule has 8 nitrogen and oxygen atoms in total. The van der Waals surface area contributed by atoms with Crippen LogP contribution in [0.15, 0.2) is 36.0 Å². The molecule has 0 aliphatic carbocycles. The van der Waals surface area contributed by atoms with Gasteiger partial charge < -0.3 is 20.7 Å². The van der Waals surface area contributed by atoms with E-state index in [-0.39, 0.29) is 18.0 Å². The van der Waals surface area contributed by atoms with Crippen molar-refractivity contribution in [3.05, 3.63) is 36.0 Å². The molecule has 0 unspecified atom stereocenters. The van der Waals surface area contributed by atoms with Crippen LogP contribution < -0.4 is 16.0 Å². The Balaban J connectivity index is 2.65.